The molecule has 0 aliphatic rings. The molecule has 3 aromatic carbocycles. The molecule has 0 saturated heterocycles. The van der Waals surface area contributed by atoms with Crippen LogP contribution >= 0.6 is 11.3 Å². The molecular weight excluding hydrogens is 274 g/mol. The minimum Gasteiger partial charge on any atom is -0.198 e. The Bertz CT molecular complexity index is 1030. The van der Waals surface area contributed by atoms with E-state index in [9.17, 15) is 0 Å². The minimum absolute atomic E-state index is 0.459. The van der Waals surface area contributed by atoms with Crippen LogP contribution in [0.5, 0.6) is 0 Å². The smallest absolute Gasteiger partial charge is 0.0669 e. The third-order valence-corrected chi connectivity index (χ3v) is 5.41. The fourth-order valence-corrected chi connectivity index (χ4v) is 4.43. The van der Waals surface area contributed by atoms with Crippen molar-refractivity contribution in [1.82, 2.24) is 0 Å². The summed E-state index contributed by atoms with van der Waals surface area (Å²) in [4.78, 5) is 0. The zero-order chi connectivity index (χ0) is 14.4. The lowest BCUT2D eigenvalue weighted by Gasteiger charge is -2.05. The quantitative estimate of drug-likeness (QED) is 0.448. The molecule has 0 spiro atoms. The van der Waals surface area contributed by atoms with E-state index in [-0.39, 0.29) is 0 Å². The molecule has 0 aliphatic carbocycles. The van der Waals surface area contributed by atoms with E-state index >= 15 is 0 Å². The second-order valence-corrected chi connectivity index (χ2v) is 6.37. The van der Waals surface area contributed by atoms with Gasteiger partial charge in [-0.2, -0.15) is 5.26 Å². The molecule has 4 aromatic rings. The van der Waals surface area contributed by atoms with Gasteiger partial charge in [-0.3, -0.25) is 0 Å². The summed E-state index contributed by atoms with van der Waals surface area (Å²) < 4.78 is 2.64. The summed E-state index contributed by atoms with van der Waals surface area (Å²) in [5, 5.41) is 14.2. The molecule has 21 heavy (non-hydrogen) atoms. The monoisotopic (exact) mass is 287 g/mol. The van der Waals surface area contributed by atoms with E-state index in [1.165, 1.54) is 36.5 Å². The SMILES string of the molecule is Cc1cccc2c1sc1c3ccccc3cc(CC#N)c21. The third kappa shape index (κ3) is 1.75. The number of benzene rings is 3. The summed E-state index contributed by atoms with van der Waals surface area (Å²) in [6.07, 6.45) is 0.459. The number of rotatable bonds is 1. The largest absolute Gasteiger partial charge is 0.198 e. The topological polar surface area (TPSA) is 23.8 Å². The van der Waals surface area contributed by atoms with Gasteiger partial charge in [0.05, 0.1) is 12.5 Å². The van der Waals surface area contributed by atoms with Gasteiger partial charge < -0.3 is 0 Å². The van der Waals surface area contributed by atoms with Crippen LogP contribution in [0, 0.1) is 18.3 Å². The Morgan fingerprint density at radius 2 is 1.81 bits per heavy atom. The number of hydrogen-bond donors (Lipinski definition) is 0. The van der Waals surface area contributed by atoms with E-state index in [4.69, 9.17) is 5.26 Å². The van der Waals surface area contributed by atoms with Crippen molar-refractivity contribution in [3.8, 4) is 6.07 Å². The van der Waals surface area contributed by atoms with Crippen LogP contribution in [0.1, 0.15) is 11.1 Å². The second-order valence-electron chi connectivity index (χ2n) is 5.35. The van der Waals surface area contributed by atoms with Crippen molar-refractivity contribution in [2.24, 2.45) is 0 Å². The number of fused-ring (bicyclic) bond motifs is 5. The Balaban J connectivity index is 2.31. The number of thiophene rings is 1. The molecule has 0 bridgehead atoms. The van der Waals surface area contributed by atoms with E-state index in [1.54, 1.807) is 0 Å². The number of aryl methyl sites for hydroxylation is 1. The number of nitriles is 1. The number of nitrogens with zero attached hydrogens (tertiary/aromatic N) is 1. The summed E-state index contributed by atoms with van der Waals surface area (Å²) in [5.74, 6) is 0. The zero-order valence-corrected chi connectivity index (χ0v) is 12.5. The van der Waals surface area contributed by atoms with Crippen LogP contribution in [-0.4, -0.2) is 0 Å². The van der Waals surface area contributed by atoms with Gasteiger partial charge in [-0.15, -0.1) is 11.3 Å². The maximum Gasteiger partial charge on any atom is 0.0669 e. The first-order valence-electron chi connectivity index (χ1n) is 6.99. The summed E-state index contributed by atoms with van der Waals surface area (Å²) in [5.41, 5.74) is 2.45. The molecule has 1 heterocycles. The lowest BCUT2D eigenvalue weighted by atomic mass is 9.98. The van der Waals surface area contributed by atoms with Crippen molar-refractivity contribution < 1.29 is 0 Å². The fourth-order valence-electron chi connectivity index (χ4n) is 3.08. The van der Waals surface area contributed by atoms with E-state index in [1.807, 2.05) is 11.3 Å². The van der Waals surface area contributed by atoms with Crippen molar-refractivity contribution in [3.63, 3.8) is 0 Å². The van der Waals surface area contributed by atoms with Crippen LogP contribution in [-0.2, 0) is 6.42 Å². The van der Waals surface area contributed by atoms with Gasteiger partial charge in [-0.05, 0) is 34.9 Å². The van der Waals surface area contributed by atoms with Crippen LogP contribution in [0.2, 0.25) is 0 Å². The molecule has 0 saturated carbocycles. The van der Waals surface area contributed by atoms with Crippen molar-refractivity contribution in [3.05, 3.63) is 59.7 Å². The van der Waals surface area contributed by atoms with Crippen molar-refractivity contribution >= 4 is 42.3 Å². The Morgan fingerprint density at radius 1 is 1.00 bits per heavy atom. The van der Waals surface area contributed by atoms with Gasteiger partial charge in [0.2, 0.25) is 0 Å². The van der Waals surface area contributed by atoms with Crippen LogP contribution in [0.15, 0.2) is 48.5 Å². The lowest BCUT2D eigenvalue weighted by Crippen LogP contribution is -1.85. The first kappa shape index (κ1) is 12.4. The van der Waals surface area contributed by atoms with E-state index < -0.39 is 0 Å². The highest BCUT2D eigenvalue weighted by Crippen LogP contribution is 2.41. The molecule has 4 rings (SSSR count). The van der Waals surface area contributed by atoms with E-state index in [2.05, 4.69) is 61.5 Å². The molecule has 0 atom stereocenters. The summed E-state index contributed by atoms with van der Waals surface area (Å²) in [6, 6.07) is 19.4. The Kier molecular flexibility index (Phi) is 2.70. The molecule has 2 heteroatoms. The lowest BCUT2D eigenvalue weighted by molar-refractivity contribution is 1.30. The highest BCUT2D eigenvalue weighted by molar-refractivity contribution is 7.27. The first-order valence-corrected chi connectivity index (χ1v) is 7.80. The van der Waals surface area contributed by atoms with Crippen molar-refractivity contribution in [2.75, 3.05) is 0 Å². The second kappa shape index (κ2) is 4.58. The molecule has 0 amide bonds. The minimum atomic E-state index is 0.459. The normalized spacial score (nSPS) is 11.2. The van der Waals surface area contributed by atoms with Gasteiger partial charge in [0.25, 0.3) is 0 Å². The zero-order valence-electron chi connectivity index (χ0n) is 11.7. The summed E-state index contributed by atoms with van der Waals surface area (Å²) in [7, 11) is 0. The van der Waals surface area contributed by atoms with Crippen LogP contribution in [0.4, 0.5) is 0 Å². The molecular formula is C19H13NS. The van der Waals surface area contributed by atoms with Crippen molar-refractivity contribution in [2.45, 2.75) is 13.3 Å². The predicted octanol–water partition coefficient (Wildman–Crippen LogP) is 5.58. The van der Waals surface area contributed by atoms with E-state index in [0.717, 1.165) is 5.56 Å². The average molecular weight is 287 g/mol. The fraction of sp³-hybridized carbons (Fsp3) is 0.105. The van der Waals surface area contributed by atoms with Gasteiger partial charge in [0.1, 0.15) is 0 Å². The summed E-state index contributed by atoms with van der Waals surface area (Å²) in [6.45, 7) is 2.16. The third-order valence-electron chi connectivity index (χ3n) is 4.04. The predicted molar refractivity (Wildman–Crippen MR) is 90.9 cm³/mol. The molecule has 0 N–H and O–H groups in total. The molecule has 1 aromatic heterocycles. The van der Waals surface area contributed by atoms with Crippen molar-refractivity contribution in [1.29, 1.82) is 5.26 Å². The Morgan fingerprint density at radius 3 is 2.67 bits per heavy atom. The number of hydrogen-bond acceptors (Lipinski definition) is 2. The van der Waals surface area contributed by atoms with E-state index in [0.29, 0.717) is 6.42 Å². The molecule has 1 nitrogen and oxygen atoms in total. The van der Waals surface area contributed by atoms with Gasteiger partial charge >= 0.3 is 0 Å². The molecule has 0 radical (unpaired) electrons. The molecule has 0 unspecified atom stereocenters. The van der Waals surface area contributed by atoms with Gasteiger partial charge in [0, 0.05) is 20.2 Å². The van der Waals surface area contributed by atoms with Crippen LogP contribution in [0.3, 0.4) is 0 Å². The highest BCUT2D eigenvalue weighted by atomic mass is 32.1. The van der Waals surface area contributed by atoms with Gasteiger partial charge in [-0.25, -0.2) is 0 Å². The average Bonchev–Trinajstić information content (AvgIpc) is 2.89. The maximum absolute atomic E-state index is 9.17. The maximum atomic E-state index is 9.17. The van der Waals surface area contributed by atoms with Gasteiger partial charge in [-0.1, -0.05) is 42.5 Å². The molecule has 0 aliphatic heterocycles. The highest BCUT2D eigenvalue weighted by Gasteiger charge is 2.13. The Labute approximate surface area is 127 Å². The molecule has 0 fully saturated rings. The van der Waals surface area contributed by atoms with Gasteiger partial charge in [0.15, 0.2) is 0 Å². The van der Waals surface area contributed by atoms with Crippen LogP contribution < -0.4 is 0 Å². The molecule has 100 valence electrons. The first-order chi connectivity index (χ1) is 10.3. The summed E-state index contributed by atoms with van der Waals surface area (Å²) >= 11 is 1.85. The standard InChI is InChI=1S/C19H13NS/c1-12-5-4-8-16-17-14(9-10-20)11-13-6-2-3-7-15(13)19(17)21-18(12)16/h2-8,11H,9H2,1H3. The van der Waals surface area contributed by atoms with Crippen LogP contribution in [0.25, 0.3) is 30.9 Å². The Hall–Kier alpha value is -2.37.